The number of hydrogen-bond donors (Lipinski definition) is 1. The summed E-state index contributed by atoms with van der Waals surface area (Å²) in [7, 11) is 1.80. The van der Waals surface area contributed by atoms with Gasteiger partial charge in [-0.1, -0.05) is 30.3 Å². The summed E-state index contributed by atoms with van der Waals surface area (Å²) >= 11 is 0. The second-order valence-electron chi connectivity index (χ2n) is 9.59. The molecule has 2 aliphatic rings. The first-order chi connectivity index (χ1) is 18.5. The molecular formula is C29H28N6O3. The standard InChI is InChI=1S/C29H28N6O3/c1-19-15-23(20-7-4-3-5-8-20)26(33(19)2)27(36)28(37)32-21-9-10-24-25(16-21)38-18-22-17-34(13-14-35(22)24)29-30-11-6-12-31-29/h3-12,15-16,22H,13-14,17-18H2,1-2H3,(H,32,37). The predicted molar refractivity (Wildman–Crippen MR) is 146 cm³/mol. The molecular weight excluding hydrogens is 480 g/mol. The molecule has 0 spiro atoms. The third-order valence-corrected chi connectivity index (χ3v) is 7.25. The van der Waals surface area contributed by atoms with Crippen LogP contribution in [-0.2, 0) is 11.8 Å². The Morgan fingerprint density at radius 1 is 1.00 bits per heavy atom. The Bertz CT molecular complexity index is 1500. The van der Waals surface area contributed by atoms with Crippen LogP contribution in [0.25, 0.3) is 11.1 Å². The molecule has 9 nitrogen and oxygen atoms in total. The Kier molecular flexibility index (Phi) is 6.03. The molecule has 0 radical (unpaired) electrons. The van der Waals surface area contributed by atoms with Gasteiger partial charge in [-0.15, -0.1) is 0 Å². The van der Waals surface area contributed by atoms with Gasteiger partial charge in [0.25, 0.3) is 11.7 Å². The predicted octanol–water partition coefficient (Wildman–Crippen LogP) is 3.70. The zero-order valence-corrected chi connectivity index (χ0v) is 21.3. The van der Waals surface area contributed by atoms with Crippen molar-refractivity contribution < 1.29 is 14.3 Å². The Labute approximate surface area is 220 Å². The van der Waals surface area contributed by atoms with E-state index in [-0.39, 0.29) is 6.04 Å². The van der Waals surface area contributed by atoms with Crippen LogP contribution in [0.15, 0.2) is 73.1 Å². The van der Waals surface area contributed by atoms with Crippen molar-refractivity contribution in [1.29, 1.82) is 0 Å². The van der Waals surface area contributed by atoms with Crippen LogP contribution in [0.2, 0.25) is 0 Å². The Hall–Kier alpha value is -4.66. The number of Topliss-reactive ketones (excluding diaryl/α,β-unsaturated/α-hetero) is 1. The maximum absolute atomic E-state index is 13.3. The number of ketones is 1. The highest BCUT2D eigenvalue weighted by Gasteiger charge is 2.34. The third-order valence-electron chi connectivity index (χ3n) is 7.25. The summed E-state index contributed by atoms with van der Waals surface area (Å²) in [6.45, 7) is 4.79. The number of benzene rings is 2. The van der Waals surface area contributed by atoms with E-state index in [4.69, 9.17) is 4.74 Å². The van der Waals surface area contributed by atoms with Crippen LogP contribution in [0.3, 0.4) is 0 Å². The van der Waals surface area contributed by atoms with Gasteiger partial charge in [0.05, 0.1) is 11.7 Å². The summed E-state index contributed by atoms with van der Waals surface area (Å²) < 4.78 is 7.86. The summed E-state index contributed by atoms with van der Waals surface area (Å²) in [5.74, 6) is 0.144. The van der Waals surface area contributed by atoms with E-state index in [2.05, 4.69) is 25.1 Å². The maximum Gasteiger partial charge on any atom is 0.298 e. The molecule has 2 aromatic heterocycles. The number of piperazine rings is 1. The van der Waals surface area contributed by atoms with Crippen molar-refractivity contribution in [3.8, 4) is 16.9 Å². The normalized spacial score (nSPS) is 16.3. The molecule has 1 saturated heterocycles. The fourth-order valence-electron chi connectivity index (χ4n) is 5.22. The van der Waals surface area contributed by atoms with Crippen LogP contribution in [0.1, 0.15) is 16.2 Å². The second kappa shape index (κ2) is 9.66. The number of aromatic nitrogens is 3. The van der Waals surface area contributed by atoms with Crippen molar-refractivity contribution in [2.75, 3.05) is 41.4 Å². The first kappa shape index (κ1) is 23.7. The van der Waals surface area contributed by atoms with Gasteiger partial charge in [0.1, 0.15) is 18.1 Å². The zero-order chi connectivity index (χ0) is 26.2. The molecule has 2 aliphatic heterocycles. The number of rotatable bonds is 5. The van der Waals surface area contributed by atoms with Gasteiger partial charge in [-0.05, 0) is 36.8 Å². The fraction of sp³-hybridized carbons (Fsp3) is 0.241. The van der Waals surface area contributed by atoms with Crippen molar-refractivity contribution in [2.45, 2.75) is 13.0 Å². The second-order valence-corrected chi connectivity index (χ2v) is 9.59. The highest BCUT2D eigenvalue weighted by atomic mass is 16.5. The van der Waals surface area contributed by atoms with Crippen molar-refractivity contribution in [2.24, 2.45) is 7.05 Å². The highest BCUT2D eigenvalue weighted by Crippen LogP contribution is 2.37. The SMILES string of the molecule is Cc1cc(-c2ccccc2)c(C(=O)C(=O)Nc2ccc3c(c2)OCC2CN(c4ncccn4)CCN32)n1C. The van der Waals surface area contributed by atoms with Gasteiger partial charge in [0.2, 0.25) is 5.95 Å². The zero-order valence-electron chi connectivity index (χ0n) is 21.3. The number of ether oxygens (including phenoxy) is 1. The monoisotopic (exact) mass is 508 g/mol. The first-order valence-electron chi connectivity index (χ1n) is 12.6. The molecule has 4 aromatic rings. The molecule has 9 heteroatoms. The van der Waals surface area contributed by atoms with E-state index in [1.807, 2.05) is 61.5 Å². The van der Waals surface area contributed by atoms with Gasteiger partial charge in [0.15, 0.2) is 0 Å². The van der Waals surface area contributed by atoms with Crippen LogP contribution >= 0.6 is 0 Å². The average Bonchev–Trinajstić information content (AvgIpc) is 3.26. The van der Waals surface area contributed by atoms with Gasteiger partial charge in [-0.2, -0.15) is 0 Å². The fourth-order valence-corrected chi connectivity index (χ4v) is 5.22. The Balaban J connectivity index is 1.18. The van der Waals surface area contributed by atoms with Gasteiger partial charge in [-0.25, -0.2) is 9.97 Å². The van der Waals surface area contributed by atoms with Crippen molar-refractivity contribution in [3.05, 3.63) is 84.4 Å². The number of nitrogens with zero attached hydrogens (tertiary/aromatic N) is 5. The van der Waals surface area contributed by atoms with Crippen LogP contribution < -0.4 is 19.9 Å². The van der Waals surface area contributed by atoms with E-state index in [0.29, 0.717) is 23.7 Å². The minimum atomic E-state index is -0.687. The first-order valence-corrected chi connectivity index (χ1v) is 12.6. The molecule has 1 unspecified atom stereocenters. The molecule has 1 N–H and O–H groups in total. The van der Waals surface area contributed by atoms with Gasteiger partial charge >= 0.3 is 0 Å². The van der Waals surface area contributed by atoms with Gasteiger partial charge in [0, 0.05) is 62.1 Å². The summed E-state index contributed by atoms with van der Waals surface area (Å²) in [4.78, 5) is 39.6. The molecule has 2 aromatic carbocycles. The number of anilines is 3. The minimum Gasteiger partial charge on any atom is -0.489 e. The minimum absolute atomic E-state index is 0.166. The van der Waals surface area contributed by atoms with Crippen LogP contribution in [-0.4, -0.2) is 58.5 Å². The quantitative estimate of drug-likeness (QED) is 0.325. The van der Waals surface area contributed by atoms with E-state index < -0.39 is 11.7 Å². The van der Waals surface area contributed by atoms with Crippen molar-refractivity contribution in [3.63, 3.8) is 0 Å². The lowest BCUT2D eigenvalue weighted by atomic mass is 10.0. The summed E-state index contributed by atoms with van der Waals surface area (Å²) in [6.07, 6.45) is 3.51. The molecule has 1 atom stereocenters. The Morgan fingerprint density at radius 2 is 1.79 bits per heavy atom. The van der Waals surface area contributed by atoms with E-state index >= 15 is 0 Å². The number of amides is 1. The molecule has 4 heterocycles. The number of hydrogen-bond acceptors (Lipinski definition) is 7. The lowest BCUT2D eigenvalue weighted by molar-refractivity contribution is -0.112. The van der Waals surface area contributed by atoms with Crippen molar-refractivity contribution in [1.82, 2.24) is 14.5 Å². The Morgan fingerprint density at radius 3 is 2.58 bits per heavy atom. The molecule has 1 amide bonds. The molecule has 38 heavy (non-hydrogen) atoms. The van der Waals surface area contributed by atoms with Crippen molar-refractivity contribution >= 4 is 29.0 Å². The van der Waals surface area contributed by atoms with Gasteiger partial charge < -0.3 is 24.4 Å². The maximum atomic E-state index is 13.3. The summed E-state index contributed by atoms with van der Waals surface area (Å²) in [6, 6.07) is 19.1. The van der Waals surface area contributed by atoms with E-state index in [1.165, 1.54) is 0 Å². The van der Waals surface area contributed by atoms with Crippen LogP contribution in [0.5, 0.6) is 5.75 Å². The smallest absolute Gasteiger partial charge is 0.298 e. The molecule has 0 aliphatic carbocycles. The van der Waals surface area contributed by atoms with Gasteiger partial charge in [-0.3, -0.25) is 9.59 Å². The number of carbonyl (C=O) groups is 2. The van der Waals surface area contributed by atoms with Crippen LogP contribution in [0.4, 0.5) is 17.3 Å². The lowest BCUT2D eigenvalue weighted by Gasteiger charge is -2.45. The number of fused-ring (bicyclic) bond motifs is 3. The molecule has 0 saturated carbocycles. The summed E-state index contributed by atoms with van der Waals surface area (Å²) in [5.41, 5.74) is 4.39. The summed E-state index contributed by atoms with van der Waals surface area (Å²) in [5, 5.41) is 2.78. The topological polar surface area (TPSA) is 92.6 Å². The molecule has 192 valence electrons. The van der Waals surface area contributed by atoms with E-state index in [1.54, 1.807) is 30.1 Å². The molecule has 6 rings (SSSR count). The highest BCUT2D eigenvalue weighted by molar-refractivity contribution is 6.47. The van der Waals surface area contributed by atoms with E-state index in [9.17, 15) is 9.59 Å². The molecule has 0 bridgehead atoms. The number of aryl methyl sites for hydroxylation is 1. The van der Waals surface area contributed by atoms with Crippen LogP contribution in [0, 0.1) is 6.92 Å². The largest absolute Gasteiger partial charge is 0.489 e. The van der Waals surface area contributed by atoms with E-state index in [0.717, 1.165) is 48.1 Å². The number of carbonyl (C=O) groups excluding carboxylic acids is 2. The lowest BCUT2D eigenvalue weighted by Crippen LogP contribution is -2.57. The third kappa shape index (κ3) is 4.26. The average molecular weight is 509 g/mol. The molecule has 1 fully saturated rings. The number of nitrogens with one attached hydrogen (secondary N) is 1.